The van der Waals surface area contributed by atoms with Gasteiger partial charge in [0.15, 0.2) is 11.0 Å². The monoisotopic (exact) mass is 438 g/mol. The Labute approximate surface area is 175 Å². The van der Waals surface area contributed by atoms with E-state index in [2.05, 4.69) is 10.2 Å². The Morgan fingerprint density at radius 3 is 2.57 bits per heavy atom. The second kappa shape index (κ2) is 7.35. The number of anilines is 1. The Morgan fingerprint density at radius 2 is 1.87 bits per heavy atom. The molecule has 2 N–H and O–H groups in total. The standard InChI is InChI=1S/C21H19ClF4N4/c1-20(11-12-6-7-13(23)10-16(12)21(24,25)26)17(27)8-9-30(20)19-15-5-3-2-4-14(15)18(22)28-29-19/h2-7,10,17H,8-9,11,27H2,1H3. The van der Waals surface area contributed by atoms with Crippen molar-refractivity contribution in [3.05, 3.63) is 64.6 Å². The van der Waals surface area contributed by atoms with Crippen LogP contribution in [0.5, 0.6) is 0 Å². The SMILES string of the molecule is CC1(Cc2ccc(F)cc2C(F)(F)F)C(N)CCN1c1nnc(Cl)c2ccccc12. The van der Waals surface area contributed by atoms with Gasteiger partial charge in [-0.15, -0.1) is 10.2 Å². The average Bonchev–Trinajstić information content (AvgIpc) is 2.98. The molecule has 1 saturated heterocycles. The molecule has 0 bridgehead atoms. The quantitative estimate of drug-likeness (QED) is 0.586. The van der Waals surface area contributed by atoms with Gasteiger partial charge < -0.3 is 10.6 Å². The normalized spacial score (nSPS) is 22.1. The molecule has 2 aromatic carbocycles. The van der Waals surface area contributed by atoms with E-state index in [0.29, 0.717) is 30.2 Å². The van der Waals surface area contributed by atoms with Crippen LogP contribution in [0.4, 0.5) is 23.4 Å². The first-order valence-electron chi connectivity index (χ1n) is 9.41. The number of rotatable bonds is 3. The zero-order valence-electron chi connectivity index (χ0n) is 16.0. The van der Waals surface area contributed by atoms with Gasteiger partial charge in [-0.2, -0.15) is 13.2 Å². The highest BCUT2D eigenvalue weighted by Gasteiger charge is 2.46. The third kappa shape index (κ3) is 3.48. The number of fused-ring (bicyclic) bond motifs is 1. The van der Waals surface area contributed by atoms with Crippen LogP contribution in [0.1, 0.15) is 24.5 Å². The van der Waals surface area contributed by atoms with E-state index in [9.17, 15) is 17.6 Å². The van der Waals surface area contributed by atoms with Gasteiger partial charge in [0.1, 0.15) is 5.82 Å². The Morgan fingerprint density at radius 1 is 1.17 bits per heavy atom. The van der Waals surface area contributed by atoms with Crippen molar-refractivity contribution in [2.24, 2.45) is 5.73 Å². The fourth-order valence-corrected chi connectivity index (χ4v) is 4.42. The first-order chi connectivity index (χ1) is 14.1. The van der Waals surface area contributed by atoms with Crippen LogP contribution in [0, 0.1) is 5.82 Å². The van der Waals surface area contributed by atoms with Crippen LogP contribution in [0.2, 0.25) is 5.15 Å². The van der Waals surface area contributed by atoms with E-state index in [-0.39, 0.29) is 17.1 Å². The maximum Gasteiger partial charge on any atom is 0.416 e. The minimum absolute atomic E-state index is 0.0139. The summed E-state index contributed by atoms with van der Waals surface area (Å²) in [6.45, 7) is 2.31. The van der Waals surface area contributed by atoms with E-state index in [1.807, 2.05) is 29.2 Å². The fraction of sp³-hybridized carbons (Fsp3) is 0.333. The zero-order chi connectivity index (χ0) is 21.7. The summed E-state index contributed by atoms with van der Waals surface area (Å²) < 4.78 is 54.2. The van der Waals surface area contributed by atoms with Crippen LogP contribution in [0.15, 0.2) is 42.5 Å². The zero-order valence-corrected chi connectivity index (χ0v) is 16.8. The molecule has 0 saturated carbocycles. The van der Waals surface area contributed by atoms with Gasteiger partial charge in [-0.1, -0.05) is 41.9 Å². The summed E-state index contributed by atoms with van der Waals surface area (Å²) >= 11 is 6.17. The van der Waals surface area contributed by atoms with Crippen molar-refractivity contribution in [2.75, 3.05) is 11.4 Å². The summed E-state index contributed by atoms with van der Waals surface area (Å²) in [6, 6.07) is 9.64. The van der Waals surface area contributed by atoms with E-state index in [1.54, 1.807) is 6.92 Å². The third-order valence-corrected chi connectivity index (χ3v) is 6.16. The molecule has 0 radical (unpaired) electrons. The van der Waals surface area contributed by atoms with Gasteiger partial charge in [-0.3, -0.25) is 0 Å². The maximum atomic E-state index is 13.6. The molecule has 1 aromatic heterocycles. The maximum absolute atomic E-state index is 13.6. The Hall–Kier alpha value is -2.45. The summed E-state index contributed by atoms with van der Waals surface area (Å²) in [5.41, 5.74) is 4.49. The first-order valence-corrected chi connectivity index (χ1v) is 9.79. The van der Waals surface area contributed by atoms with Crippen LogP contribution in [-0.2, 0) is 12.6 Å². The summed E-state index contributed by atoms with van der Waals surface area (Å²) in [5, 5.41) is 9.96. The molecule has 3 aromatic rings. The van der Waals surface area contributed by atoms with E-state index < -0.39 is 29.1 Å². The molecule has 0 aliphatic carbocycles. The molecule has 0 amide bonds. The number of alkyl halides is 3. The molecule has 1 fully saturated rings. The van der Waals surface area contributed by atoms with Crippen molar-refractivity contribution in [3.8, 4) is 0 Å². The molecule has 2 atom stereocenters. The lowest BCUT2D eigenvalue weighted by Gasteiger charge is -2.39. The molecular formula is C21H19ClF4N4. The number of benzene rings is 2. The van der Waals surface area contributed by atoms with Crippen LogP contribution in [-0.4, -0.2) is 28.3 Å². The summed E-state index contributed by atoms with van der Waals surface area (Å²) in [5.74, 6) is -0.417. The van der Waals surface area contributed by atoms with E-state index >= 15 is 0 Å². The lowest BCUT2D eigenvalue weighted by molar-refractivity contribution is -0.138. The smallest absolute Gasteiger partial charge is 0.347 e. The van der Waals surface area contributed by atoms with Gasteiger partial charge in [0.2, 0.25) is 0 Å². The highest BCUT2D eigenvalue weighted by Crippen LogP contribution is 2.41. The average molecular weight is 439 g/mol. The second-order valence-corrected chi connectivity index (χ2v) is 8.10. The van der Waals surface area contributed by atoms with Crippen molar-refractivity contribution in [1.29, 1.82) is 0 Å². The highest BCUT2D eigenvalue weighted by molar-refractivity contribution is 6.34. The predicted octanol–water partition coefficient (Wildman–Crippen LogP) is 4.98. The largest absolute Gasteiger partial charge is 0.416 e. The number of hydrogen-bond donors (Lipinski definition) is 1. The minimum Gasteiger partial charge on any atom is -0.347 e. The first kappa shape index (κ1) is 20.8. The molecule has 0 spiro atoms. The highest BCUT2D eigenvalue weighted by atomic mass is 35.5. The van der Waals surface area contributed by atoms with E-state index in [1.165, 1.54) is 6.07 Å². The number of nitrogens with zero attached hydrogens (tertiary/aromatic N) is 3. The molecule has 2 heterocycles. The molecular weight excluding hydrogens is 420 g/mol. The van der Waals surface area contributed by atoms with Gasteiger partial charge in [-0.25, -0.2) is 4.39 Å². The van der Waals surface area contributed by atoms with Gasteiger partial charge in [0, 0.05) is 23.4 Å². The van der Waals surface area contributed by atoms with Crippen LogP contribution in [0.3, 0.4) is 0 Å². The lowest BCUT2D eigenvalue weighted by Crippen LogP contribution is -2.53. The molecule has 9 heteroatoms. The number of halogens is 5. The Balaban J connectivity index is 1.81. The van der Waals surface area contributed by atoms with Crippen LogP contribution >= 0.6 is 11.6 Å². The van der Waals surface area contributed by atoms with Crippen molar-refractivity contribution in [2.45, 2.75) is 37.5 Å². The van der Waals surface area contributed by atoms with Crippen LogP contribution < -0.4 is 10.6 Å². The fourth-order valence-electron chi connectivity index (χ4n) is 4.22. The Bertz CT molecular complexity index is 1100. The summed E-state index contributed by atoms with van der Waals surface area (Å²) in [7, 11) is 0. The van der Waals surface area contributed by atoms with Crippen molar-refractivity contribution in [1.82, 2.24) is 10.2 Å². The topological polar surface area (TPSA) is 55.0 Å². The van der Waals surface area contributed by atoms with Gasteiger partial charge >= 0.3 is 6.18 Å². The summed E-state index contributed by atoms with van der Waals surface area (Å²) in [6.07, 6.45) is -4.13. The number of hydrogen-bond acceptors (Lipinski definition) is 4. The molecule has 158 valence electrons. The van der Waals surface area contributed by atoms with Crippen molar-refractivity contribution < 1.29 is 17.6 Å². The van der Waals surface area contributed by atoms with Gasteiger partial charge in [0.25, 0.3) is 0 Å². The van der Waals surface area contributed by atoms with Gasteiger partial charge in [-0.05, 0) is 37.5 Å². The van der Waals surface area contributed by atoms with Crippen molar-refractivity contribution in [3.63, 3.8) is 0 Å². The van der Waals surface area contributed by atoms with Crippen LogP contribution in [0.25, 0.3) is 10.8 Å². The van der Waals surface area contributed by atoms with E-state index in [0.717, 1.165) is 11.5 Å². The lowest BCUT2D eigenvalue weighted by atomic mass is 9.84. The second-order valence-electron chi connectivity index (χ2n) is 7.74. The minimum atomic E-state index is -4.67. The molecule has 1 aliphatic heterocycles. The molecule has 4 nitrogen and oxygen atoms in total. The molecule has 30 heavy (non-hydrogen) atoms. The molecule has 1 aliphatic rings. The Kier molecular flexibility index (Phi) is 5.10. The van der Waals surface area contributed by atoms with Gasteiger partial charge in [0.05, 0.1) is 11.1 Å². The summed E-state index contributed by atoms with van der Waals surface area (Å²) in [4.78, 5) is 1.90. The number of aromatic nitrogens is 2. The van der Waals surface area contributed by atoms with Crippen molar-refractivity contribution >= 4 is 28.2 Å². The molecule has 2 unspecified atom stereocenters. The predicted molar refractivity (Wildman–Crippen MR) is 108 cm³/mol. The molecule has 4 rings (SSSR count). The van der Waals surface area contributed by atoms with E-state index in [4.69, 9.17) is 17.3 Å². The number of nitrogens with two attached hydrogens (primary N) is 1. The third-order valence-electron chi connectivity index (χ3n) is 5.88.